The summed E-state index contributed by atoms with van der Waals surface area (Å²) in [5.41, 5.74) is 1.37. The van der Waals surface area contributed by atoms with Crippen LogP contribution < -0.4 is 15.9 Å². The number of nitriles is 1. The van der Waals surface area contributed by atoms with Crippen LogP contribution in [0, 0.1) is 11.3 Å². The average molecular weight is 502 g/mol. The lowest BCUT2D eigenvalue weighted by molar-refractivity contribution is -0.274. The summed E-state index contributed by atoms with van der Waals surface area (Å²) in [6.07, 6.45) is -4.03. The van der Waals surface area contributed by atoms with Crippen molar-refractivity contribution in [1.29, 1.82) is 5.26 Å². The van der Waals surface area contributed by atoms with Crippen molar-refractivity contribution in [2.45, 2.75) is 39.0 Å². The number of aromatic nitrogens is 2. The Morgan fingerprint density at radius 1 is 1.06 bits per heavy atom. The van der Waals surface area contributed by atoms with Crippen molar-refractivity contribution in [1.82, 2.24) is 9.97 Å². The van der Waals surface area contributed by atoms with Crippen LogP contribution >= 0.6 is 11.6 Å². The van der Waals surface area contributed by atoms with E-state index in [-0.39, 0.29) is 22.6 Å². The molecule has 0 bridgehead atoms. The summed E-state index contributed by atoms with van der Waals surface area (Å²) in [5, 5.41) is 10.8. The highest BCUT2D eigenvalue weighted by atomic mass is 35.5. The van der Waals surface area contributed by atoms with E-state index in [9.17, 15) is 28.0 Å². The Balaban J connectivity index is 1.72. The molecule has 10 heteroatoms. The number of rotatable bonds is 5. The molecule has 2 aromatic carbocycles. The highest BCUT2D eigenvalue weighted by Crippen LogP contribution is 2.32. The van der Waals surface area contributed by atoms with Gasteiger partial charge in [0.25, 0.3) is 11.1 Å². The van der Waals surface area contributed by atoms with E-state index in [0.29, 0.717) is 39.9 Å². The molecule has 2 N–H and O–H groups in total. The van der Waals surface area contributed by atoms with E-state index in [2.05, 4.69) is 14.7 Å². The lowest BCUT2D eigenvalue weighted by atomic mass is 9.93. The van der Waals surface area contributed by atoms with Gasteiger partial charge >= 0.3 is 6.36 Å². The number of fused-ring (bicyclic) bond motifs is 2. The first-order valence-corrected chi connectivity index (χ1v) is 11.1. The Morgan fingerprint density at radius 3 is 2.46 bits per heavy atom. The van der Waals surface area contributed by atoms with Crippen LogP contribution in [-0.2, 0) is 12.8 Å². The van der Waals surface area contributed by atoms with E-state index in [1.165, 1.54) is 6.07 Å². The molecule has 1 unspecified atom stereocenters. The van der Waals surface area contributed by atoms with Crippen LogP contribution in [0.15, 0.2) is 46.0 Å². The average Bonchev–Trinajstić information content (AvgIpc) is 2.79. The van der Waals surface area contributed by atoms with Gasteiger partial charge in [0.05, 0.1) is 21.6 Å². The zero-order valence-electron chi connectivity index (χ0n) is 18.6. The maximum atomic E-state index is 12.8. The summed E-state index contributed by atoms with van der Waals surface area (Å²) >= 11 is 6.59. The van der Waals surface area contributed by atoms with Crippen molar-refractivity contribution in [3.63, 3.8) is 0 Å². The quantitative estimate of drug-likeness (QED) is 0.366. The molecular weight excluding hydrogens is 483 g/mol. The van der Waals surface area contributed by atoms with Crippen molar-refractivity contribution in [3.05, 3.63) is 84.4 Å². The summed E-state index contributed by atoms with van der Waals surface area (Å²) in [4.78, 5) is 30.4. The minimum atomic E-state index is -4.98. The van der Waals surface area contributed by atoms with Gasteiger partial charge in [-0.05, 0) is 42.5 Å². The molecule has 2 aromatic heterocycles. The van der Waals surface area contributed by atoms with Crippen LogP contribution in [0.2, 0.25) is 5.02 Å². The maximum absolute atomic E-state index is 12.8. The van der Waals surface area contributed by atoms with Crippen LogP contribution in [-0.4, -0.2) is 16.3 Å². The molecule has 4 aromatic rings. The zero-order valence-corrected chi connectivity index (χ0v) is 19.4. The molecular formula is C25H19ClF3N3O3. The SMILES string of the molecule is CCc1cc2ccc(CC(C)c3cc4cc(C#N)c(OC(F)(F)F)cc4[nH]c3=O)c(Cl)c2[nH]c1=O. The second-order valence-corrected chi connectivity index (χ2v) is 8.61. The van der Waals surface area contributed by atoms with Gasteiger partial charge in [-0.1, -0.05) is 37.6 Å². The summed E-state index contributed by atoms with van der Waals surface area (Å²) < 4.78 is 41.9. The van der Waals surface area contributed by atoms with Gasteiger partial charge in [0.2, 0.25) is 0 Å². The van der Waals surface area contributed by atoms with E-state index in [1.807, 2.05) is 26.0 Å². The molecule has 180 valence electrons. The molecule has 2 heterocycles. The molecule has 0 aliphatic rings. The van der Waals surface area contributed by atoms with Gasteiger partial charge in [0.15, 0.2) is 0 Å². The Hall–Kier alpha value is -3.77. The van der Waals surface area contributed by atoms with Gasteiger partial charge in [0.1, 0.15) is 11.8 Å². The van der Waals surface area contributed by atoms with Gasteiger partial charge in [-0.15, -0.1) is 13.2 Å². The minimum Gasteiger partial charge on any atom is -0.404 e. The van der Waals surface area contributed by atoms with Crippen LogP contribution in [0.4, 0.5) is 13.2 Å². The van der Waals surface area contributed by atoms with Crippen LogP contribution in [0.25, 0.3) is 21.8 Å². The number of nitrogens with one attached hydrogen (secondary N) is 2. The monoisotopic (exact) mass is 501 g/mol. The number of hydrogen-bond acceptors (Lipinski definition) is 4. The molecule has 0 fully saturated rings. The summed E-state index contributed by atoms with van der Waals surface area (Å²) in [6.45, 7) is 3.70. The number of alkyl halides is 3. The van der Waals surface area contributed by atoms with Gasteiger partial charge in [-0.2, -0.15) is 5.26 Å². The maximum Gasteiger partial charge on any atom is 0.573 e. The number of hydrogen-bond donors (Lipinski definition) is 2. The van der Waals surface area contributed by atoms with E-state index in [1.54, 1.807) is 18.2 Å². The van der Waals surface area contributed by atoms with Gasteiger partial charge in [-0.25, -0.2) is 0 Å². The van der Waals surface area contributed by atoms with Crippen LogP contribution in [0.1, 0.15) is 42.0 Å². The van der Waals surface area contributed by atoms with E-state index in [4.69, 9.17) is 11.6 Å². The topological polar surface area (TPSA) is 98.7 Å². The number of H-pyrrole nitrogens is 2. The van der Waals surface area contributed by atoms with Crippen molar-refractivity contribution >= 4 is 33.4 Å². The largest absolute Gasteiger partial charge is 0.573 e. The third kappa shape index (κ3) is 4.88. The van der Waals surface area contributed by atoms with Gasteiger partial charge in [-0.3, -0.25) is 9.59 Å². The molecule has 0 saturated heterocycles. The third-order valence-electron chi connectivity index (χ3n) is 5.87. The normalized spacial score (nSPS) is 12.6. The third-order valence-corrected chi connectivity index (χ3v) is 6.30. The number of aromatic amines is 2. The Morgan fingerprint density at radius 2 is 1.80 bits per heavy atom. The van der Waals surface area contributed by atoms with Crippen molar-refractivity contribution < 1.29 is 17.9 Å². The molecule has 0 amide bonds. The first-order chi connectivity index (χ1) is 16.5. The predicted octanol–water partition coefficient (Wildman–Crippen LogP) is 5.70. The highest BCUT2D eigenvalue weighted by Gasteiger charge is 2.32. The van der Waals surface area contributed by atoms with Crippen LogP contribution in [0.5, 0.6) is 5.75 Å². The number of benzene rings is 2. The number of ether oxygens (including phenoxy) is 1. The minimum absolute atomic E-state index is 0.109. The molecule has 0 aliphatic heterocycles. The molecule has 0 spiro atoms. The fourth-order valence-electron chi connectivity index (χ4n) is 4.10. The van der Waals surface area contributed by atoms with E-state index in [0.717, 1.165) is 17.0 Å². The molecule has 35 heavy (non-hydrogen) atoms. The van der Waals surface area contributed by atoms with Crippen molar-refractivity contribution in [3.8, 4) is 11.8 Å². The Labute approximate surface area is 201 Å². The van der Waals surface area contributed by atoms with Crippen molar-refractivity contribution in [2.24, 2.45) is 0 Å². The summed E-state index contributed by atoms with van der Waals surface area (Å²) in [6, 6.07) is 10.9. The lowest BCUT2D eigenvalue weighted by Crippen LogP contribution is -2.19. The molecule has 0 radical (unpaired) electrons. The Bertz CT molecular complexity index is 1620. The van der Waals surface area contributed by atoms with Crippen LogP contribution in [0.3, 0.4) is 0 Å². The van der Waals surface area contributed by atoms with Gasteiger partial charge < -0.3 is 14.7 Å². The number of nitrogens with zero attached hydrogens (tertiary/aromatic N) is 1. The predicted molar refractivity (Wildman–Crippen MR) is 127 cm³/mol. The lowest BCUT2D eigenvalue weighted by Gasteiger charge is -2.15. The zero-order chi connectivity index (χ0) is 25.5. The van der Waals surface area contributed by atoms with Gasteiger partial charge in [0, 0.05) is 28.0 Å². The standard InChI is InChI=1S/C25H19ClF3N3O3/c1-3-13-7-15-5-4-14(21(26)22(15)32-23(13)33)6-12(2)18-9-16-8-17(11-30)20(35-25(27,28)29)10-19(16)31-24(18)34/h4-5,7-10,12H,3,6H2,1-2H3,(H,31,34)(H,32,33). The smallest absolute Gasteiger partial charge is 0.404 e. The molecule has 6 nitrogen and oxygen atoms in total. The highest BCUT2D eigenvalue weighted by molar-refractivity contribution is 6.35. The molecule has 0 saturated carbocycles. The second kappa shape index (κ2) is 9.12. The molecule has 4 rings (SSSR count). The summed E-state index contributed by atoms with van der Waals surface area (Å²) in [5.74, 6) is -1.02. The second-order valence-electron chi connectivity index (χ2n) is 8.23. The van der Waals surface area contributed by atoms with E-state index >= 15 is 0 Å². The first-order valence-electron chi connectivity index (χ1n) is 10.7. The first kappa shape index (κ1) is 24.4. The number of aryl methyl sites for hydroxylation is 1. The Kier molecular flexibility index (Phi) is 6.34. The number of halogens is 4. The fraction of sp³-hybridized carbons (Fsp3) is 0.240. The van der Waals surface area contributed by atoms with E-state index < -0.39 is 17.7 Å². The molecule has 1 atom stereocenters. The summed E-state index contributed by atoms with van der Waals surface area (Å²) in [7, 11) is 0. The number of pyridine rings is 2. The molecule has 0 aliphatic carbocycles. The van der Waals surface area contributed by atoms with Crippen molar-refractivity contribution in [2.75, 3.05) is 0 Å². The fourth-order valence-corrected chi connectivity index (χ4v) is 4.40.